The number of halogens is 1. The SMILES string of the molecule is CNCC1(c2c(OC)cc(C)c(Cl)c2C)COC1. The Kier molecular flexibility index (Phi) is 3.85. The van der Waals surface area contributed by atoms with E-state index in [4.69, 9.17) is 21.1 Å². The molecule has 0 unspecified atom stereocenters. The summed E-state index contributed by atoms with van der Waals surface area (Å²) in [6, 6.07) is 2.01. The van der Waals surface area contributed by atoms with Gasteiger partial charge in [0.05, 0.1) is 25.7 Å². The zero-order valence-electron chi connectivity index (χ0n) is 11.4. The molecule has 1 aliphatic rings. The number of likely N-dealkylation sites (N-methyl/N-ethyl adjacent to an activating group) is 1. The van der Waals surface area contributed by atoms with Crippen molar-refractivity contribution in [3.63, 3.8) is 0 Å². The number of aryl methyl sites for hydroxylation is 1. The van der Waals surface area contributed by atoms with Crippen LogP contribution in [0.2, 0.25) is 5.02 Å². The van der Waals surface area contributed by atoms with Crippen LogP contribution in [-0.2, 0) is 10.2 Å². The Morgan fingerprint density at radius 3 is 2.56 bits per heavy atom. The molecule has 0 aliphatic carbocycles. The van der Waals surface area contributed by atoms with Gasteiger partial charge in [-0.3, -0.25) is 0 Å². The molecule has 1 heterocycles. The molecule has 3 nitrogen and oxygen atoms in total. The first-order valence-electron chi connectivity index (χ1n) is 6.12. The van der Waals surface area contributed by atoms with Crippen molar-refractivity contribution in [3.8, 4) is 5.75 Å². The lowest BCUT2D eigenvalue weighted by Gasteiger charge is -2.43. The third-order valence-corrected chi connectivity index (χ3v) is 4.25. The normalized spacial score (nSPS) is 17.4. The number of nitrogens with one attached hydrogen (secondary N) is 1. The Morgan fingerprint density at radius 2 is 2.11 bits per heavy atom. The third-order valence-electron chi connectivity index (χ3n) is 3.67. The van der Waals surface area contributed by atoms with Gasteiger partial charge in [-0.1, -0.05) is 11.6 Å². The first-order chi connectivity index (χ1) is 8.55. The van der Waals surface area contributed by atoms with Crippen LogP contribution < -0.4 is 10.1 Å². The molecule has 0 spiro atoms. The van der Waals surface area contributed by atoms with Gasteiger partial charge in [-0.2, -0.15) is 0 Å². The van der Waals surface area contributed by atoms with Crippen LogP contribution >= 0.6 is 11.6 Å². The lowest BCUT2D eigenvalue weighted by atomic mass is 9.75. The molecule has 0 radical (unpaired) electrons. The van der Waals surface area contributed by atoms with Crippen LogP contribution in [-0.4, -0.2) is 33.9 Å². The summed E-state index contributed by atoms with van der Waals surface area (Å²) in [5.74, 6) is 0.910. The monoisotopic (exact) mass is 269 g/mol. The average Bonchev–Trinajstić information content (AvgIpc) is 2.31. The highest BCUT2D eigenvalue weighted by molar-refractivity contribution is 6.32. The number of benzene rings is 1. The minimum Gasteiger partial charge on any atom is -0.496 e. The van der Waals surface area contributed by atoms with Gasteiger partial charge in [0, 0.05) is 17.1 Å². The smallest absolute Gasteiger partial charge is 0.123 e. The van der Waals surface area contributed by atoms with Gasteiger partial charge in [0.1, 0.15) is 5.75 Å². The lowest BCUT2D eigenvalue weighted by molar-refractivity contribution is -0.0594. The summed E-state index contributed by atoms with van der Waals surface area (Å²) in [5, 5.41) is 4.07. The zero-order valence-corrected chi connectivity index (χ0v) is 12.1. The molecule has 100 valence electrons. The number of rotatable bonds is 4. The van der Waals surface area contributed by atoms with Crippen LogP contribution in [0.15, 0.2) is 6.07 Å². The summed E-state index contributed by atoms with van der Waals surface area (Å²) >= 11 is 6.38. The van der Waals surface area contributed by atoms with Gasteiger partial charge < -0.3 is 14.8 Å². The second-order valence-corrected chi connectivity index (χ2v) is 5.39. The summed E-state index contributed by atoms with van der Waals surface area (Å²) in [5.41, 5.74) is 3.32. The second kappa shape index (κ2) is 5.08. The second-order valence-electron chi connectivity index (χ2n) is 5.01. The van der Waals surface area contributed by atoms with Crippen LogP contribution in [0.25, 0.3) is 0 Å². The maximum absolute atomic E-state index is 6.38. The van der Waals surface area contributed by atoms with Crippen LogP contribution in [0.5, 0.6) is 5.75 Å². The van der Waals surface area contributed by atoms with E-state index in [9.17, 15) is 0 Å². The van der Waals surface area contributed by atoms with Crippen molar-refractivity contribution in [1.82, 2.24) is 5.32 Å². The minimum atomic E-state index is -0.0124. The molecule has 0 bridgehead atoms. The maximum atomic E-state index is 6.38. The molecule has 1 saturated heterocycles. The fourth-order valence-electron chi connectivity index (χ4n) is 2.76. The Labute approximate surface area is 113 Å². The van der Waals surface area contributed by atoms with E-state index in [1.807, 2.05) is 20.0 Å². The maximum Gasteiger partial charge on any atom is 0.123 e. The van der Waals surface area contributed by atoms with Crippen molar-refractivity contribution in [2.24, 2.45) is 0 Å². The van der Waals surface area contributed by atoms with Gasteiger partial charge >= 0.3 is 0 Å². The summed E-state index contributed by atoms with van der Waals surface area (Å²) in [7, 11) is 3.66. The molecule has 18 heavy (non-hydrogen) atoms. The van der Waals surface area contributed by atoms with Crippen LogP contribution in [0.4, 0.5) is 0 Å². The van der Waals surface area contributed by atoms with Gasteiger partial charge in [0.25, 0.3) is 0 Å². The van der Waals surface area contributed by atoms with Crippen molar-refractivity contribution >= 4 is 11.6 Å². The molecular weight excluding hydrogens is 250 g/mol. The van der Waals surface area contributed by atoms with Crippen molar-refractivity contribution in [2.45, 2.75) is 19.3 Å². The van der Waals surface area contributed by atoms with Crippen molar-refractivity contribution < 1.29 is 9.47 Å². The highest BCUT2D eigenvalue weighted by Crippen LogP contribution is 2.43. The molecule has 4 heteroatoms. The summed E-state index contributed by atoms with van der Waals surface area (Å²) in [6.45, 7) is 6.35. The molecule has 1 fully saturated rings. The van der Waals surface area contributed by atoms with Gasteiger partial charge in [-0.15, -0.1) is 0 Å². The standard InChI is InChI=1S/C14H20ClNO2/c1-9-5-11(17-4)12(10(2)13(9)15)14(6-16-3)7-18-8-14/h5,16H,6-8H2,1-4H3. The summed E-state index contributed by atoms with van der Waals surface area (Å²) in [4.78, 5) is 0. The van der Waals surface area contributed by atoms with Crippen LogP contribution in [0.1, 0.15) is 16.7 Å². The van der Waals surface area contributed by atoms with E-state index >= 15 is 0 Å². The van der Waals surface area contributed by atoms with E-state index in [0.717, 1.165) is 28.4 Å². The fourth-order valence-corrected chi connectivity index (χ4v) is 2.91. The molecule has 0 aromatic heterocycles. The van der Waals surface area contributed by atoms with E-state index in [0.29, 0.717) is 13.2 Å². The van der Waals surface area contributed by atoms with E-state index in [1.54, 1.807) is 7.11 Å². The molecule has 1 aromatic rings. The predicted molar refractivity (Wildman–Crippen MR) is 73.9 cm³/mol. The van der Waals surface area contributed by atoms with Gasteiger partial charge in [0.15, 0.2) is 0 Å². The van der Waals surface area contributed by atoms with Gasteiger partial charge in [0.2, 0.25) is 0 Å². The third kappa shape index (κ3) is 2.00. The largest absolute Gasteiger partial charge is 0.496 e. The molecular formula is C14H20ClNO2. The molecule has 1 aliphatic heterocycles. The first-order valence-corrected chi connectivity index (χ1v) is 6.50. The number of methoxy groups -OCH3 is 1. The van der Waals surface area contributed by atoms with Gasteiger partial charge in [-0.05, 0) is 38.1 Å². The molecule has 1 aromatic carbocycles. The van der Waals surface area contributed by atoms with Crippen LogP contribution in [0, 0.1) is 13.8 Å². The molecule has 0 saturated carbocycles. The Hall–Kier alpha value is -0.770. The topological polar surface area (TPSA) is 30.5 Å². The number of hydrogen-bond donors (Lipinski definition) is 1. The molecule has 1 N–H and O–H groups in total. The average molecular weight is 270 g/mol. The Morgan fingerprint density at radius 1 is 1.44 bits per heavy atom. The zero-order chi connectivity index (χ0) is 13.3. The fraction of sp³-hybridized carbons (Fsp3) is 0.571. The van der Waals surface area contributed by atoms with E-state index < -0.39 is 0 Å². The van der Waals surface area contributed by atoms with E-state index in [1.165, 1.54) is 5.56 Å². The quantitative estimate of drug-likeness (QED) is 0.911. The minimum absolute atomic E-state index is 0.0124. The van der Waals surface area contributed by atoms with E-state index in [2.05, 4.69) is 12.2 Å². The number of hydrogen-bond acceptors (Lipinski definition) is 3. The predicted octanol–water partition coefficient (Wildman–Crippen LogP) is 2.45. The van der Waals surface area contributed by atoms with E-state index in [-0.39, 0.29) is 5.41 Å². The highest BCUT2D eigenvalue weighted by Gasteiger charge is 2.43. The highest BCUT2D eigenvalue weighted by atomic mass is 35.5. The molecule has 2 rings (SSSR count). The van der Waals surface area contributed by atoms with Crippen molar-refractivity contribution in [3.05, 3.63) is 27.8 Å². The van der Waals surface area contributed by atoms with Crippen molar-refractivity contribution in [1.29, 1.82) is 0 Å². The Balaban J connectivity index is 2.58. The van der Waals surface area contributed by atoms with Gasteiger partial charge in [-0.25, -0.2) is 0 Å². The number of ether oxygens (including phenoxy) is 2. The summed E-state index contributed by atoms with van der Waals surface area (Å²) in [6.07, 6.45) is 0. The molecule has 0 atom stereocenters. The molecule has 0 amide bonds. The summed E-state index contributed by atoms with van der Waals surface area (Å²) < 4.78 is 11.0. The first kappa shape index (κ1) is 13.7. The van der Waals surface area contributed by atoms with Crippen molar-refractivity contribution in [2.75, 3.05) is 33.9 Å². The Bertz CT molecular complexity index is 456. The lowest BCUT2D eigenvalue weighted by Crippen LogP contribution is -2.53. The van der Waals surface area contributed by atoms with Crippen LogP contribution in [0.3, 0.4) is 0 Å².